The highest BCUT2D eigenvalue weighted by atomic mass is 16.2. The second kappa shape index (κ2) is 6.29. The van der Waals surface area contributed by atoms with Gasteiger partial charge in [-0.25, -0.2) is 0 Å². The van der Waals surface area contributed by atoms with Gasteiger partial charge >= 0.3 is 0 Å². The number of hydrogen-bond donors (Lipinski definition) is 1. The summed E-state index contributed by atoms with van der Waals surface area (Å²) in [5.41, 5.74) is 3.02. The summed E-state index contributed by atoms with van der Waals surface area (Å²) in [7, 11) is 0. The van der Waals surface area contributed by atoms with Crippen molar-refractivity contribution in [1.82, 2.24) is 15.1 Å². The summed E-state index contributed by atoms with van der Waals surface area (Å²) in [6.45, 7) is 9.37. The number of nitrogens with zero attached hydrogens (tertiary/aromatic N) is 3. The molecule has 5 rings (SSSR count). The summed E-state index contributed by atoms with van der Waals surface area (Å²) in [4.78, 5) is 43.2. The molecule has 0 radical (unpaired) electrons. The molecule has 4 aliphatic rings. The average Bonchev–Trinajstić information content (AvgIpc) is 3.34. The van der Waals surface area contributed by atoms with E-state index in [0.717, 1.165) is 18.7 Å². The van der Waals surface area contributed by atoms with Crippen LogP contribution in [0.4, 0.5) is 5.69 Å². The number of imide groups is 1. The molecule has 3 fully saturated rings. The highest BCUT2D eigenvalue weighted by Crippen LogP contribution is 2.39. The zero-order valence-electron chi connectivity index (χ0n) is 17.3. The van der Waals surface area contributed by atoms with Crippen LogP contribution in [0.2, 0.25) is 0 Å². The van der Waals surface area contributed by atoms with Crippen LogP contribution < -0.4 is 10.2 Å². The number of carbonyl (C=O) groups is 3. The number of hydrogen-bond acceptors (Lipinski definition) is 5. The van der Waals surface area contributed by atoms with E-state index in [-0.39, 0.29) is 29.7 Å². The molecule has 1 aromatic carbocycles. The maximum absolute atomic E-state index is 12.9. The van der Waals surface area contributed by atoms with Crippen LogP contribution in [0.1, 0.15) is 56.0 Å². The fraction of sp³-hybridized carbons (Fsp3) is 0.591. The lowest BCUT2D eigenvalue weighted by Crippen LogP contribution is -2.53. The maximum Gasteiger partial charge on any atom is 0.255 e. The second-order valence-electron chi connectivity index (χ2n) is 9.76. The van der Waals surface area contributed by atoms with Gasteiger partial charge in [0.05, 0.1) is 0 Å². The van der Waals surface area contributed by atoms with Gasteiger partial charge in [-0.2, -0.15) is 0 Å². The van der Waals surface area contributed by atoms with E-state index in [9.17, 15) is 14.4 Å². The molecule has 4 aliphatic heterocycles. The Morgan fingerprint density at radius 3 is 2.48 bits per heavy atom. The van der Waals surface area contributed by atoms with Crippen molar-refractivity contribution in [3.8, 4) is 0 Å². The van der Waals surface area contributed by atoms with Gasteiger partial charge in [-0.05, 0) is 57.4 Å². The van der Waals surface area contributed by atoms with E-state index in [1.807, 2.05) is 12.1 Å². The van der Waals surface area contributed by atoms with Crippen LogP contribution in [0.3, 0.4) is 0 Å². The highest BCUT2D eigenvalue weighted by Gasteiger charge is 2.47. The lowest BCUT2D eigenvalue weighted by Gasteiger charge is -2.42. The van der Waals surface area contributed by atoms with E-state index in [2.05, 4.69) is 42.0 Å². The first-order valence-electron chi connectivity index (χ1n) is 10.5. The Morgan fingerprint density at radius 2 is 1.83 bits per heavy atom. The number of rotatable bonds is 2. The zero-order valence-corrected chi connectivity index (χ0v) is 17.3. The molecule has 0 spiro atoms. The quantitative estimate of drug-likeness (QED) is 0.768. The fourth-order valence-electron chi connectivity index (χ4n) is 5.54. The standard InChI is InChI=1S/C22H28N4O3/c1-22(2,3)26-12-15-9-16(26)11-24(15)14-4-5-17-13(8-14)10-25(21(17)29)18-6-7-19(27)23-20(18)28/h4-5,8,15-16,18H,6-7,9-12H2,1-3H3,(H,23,27,28)/t15-,16-,18?/m1/s1. The molecule has 0 aliphatic carbocycles. The highest BCUT2D eigenvalue weighted by molar-refractivity contribution is 6.05. The van der Waals surface area contributed by atoms with Crippen LogP contribution in [-0.2, 0) is 16.1 Å². The average molecular weight is 396 g/mol. The van der Waals surface area contributed by atoms with Crippen LogP contribution in [0.5, 0.6) is 0 Å². The molecule has 3 saturated heterocycles. The predicted octanol–water partition coefficient (Wildman–Crippen LogP) is 1.51. The molecule has 7 nitrogen and oxygen atoms in total. The topological polar surface area (TPSA) is 73.0 Å². The number of carbonyl (C=O) groups excluding carboxylic acids is 3. The zero-order chi connectivity index (χ0) is 20.5. The van der Waals surface area contributed by atoms with E-state index in [1.54, 1.807) is 4.90 Å². The lowest BCUT2D eigenvalue weighted by atomic mass is 10.0. The van der Waals surface area contributed by atoms with Gasteiger partial charge in [0.1, 0.15) is 6.04 Å². The van der Waals surface area contributed by atoms with Crippen LogP contribution >= 0.6 is 0 Å². The van der Waals surface area contributed by atoms with Gasteiger partial charge in [0, 0.05) is 54.9 Å². The smallest absolute Gasteiger partial charge is 0.255 e. The van der Waals surface area contributed by atoms with Crippen molar-refractivity contribution in [3.63, 3.8) is 0 Å². The van der Waals surface area contributed by atoms with Crippen molar-refractivity contribution in [2.24, 2.45) is 0 Å². The minimum absolute atomic E-state index is 0.108. The summed E-state index contributed by atoms with van der Waals surface area (Å²) in [6, 6.07) is 6.62. The number of benzene rings is 1. The molecule has 1 unspecified atom stereocenters. The number of piperazine rings is 1. The molecule has 7 heteroatoms. The number of fused-ring (bicyclic) bond motifs is 3. The molecular formula is C22H28N4O3. The minimum atomic E-state index is -0.556. The van der Waals surface area contributed by atoms with Gasteiger partial charge < -0.3 is 9.80 Å². The van der Waals surface area contributed by atoms with Crippen LogP contribution in [-0.4, -0.2) is 64.3 Å². The minimum Gasteiger partial charge on any atom is -0.366 e. The second-order valence-corrected chi connectivity index (χ2v) is 9.76. The van der Waals surface area contributed by atoms with Gasteiger partial charge in [-0.15, -0.1) is 0 Å². The predicted molar refractivity (Wildman–Crippen MR) is 108 cm³/mol. The third-order valence-corrected chi connectivity index (χ3v) is 6.94. The van der Waals surface area contributed by atoms with E-state index in [1.165, 1.54) is 12.1 Å². The molecule has 29 heavy (non-hydrogen) atoms. The summed E-state index contributed by atoms with van der Waals surface area (Å²) >= 11 is 0. The summed E-state index contributed by atoms with van der Waals surface area (Å²) in [6.07, 6.45) is 1.87. The van der Waals surface area contributed by atoms with E-state index < -0.39 is 6.04 Å². The summed E-state index contributed by atoms with van der Waals surface area (Å²) < 4.78 is 0. The largest absolute Gasteiger partial charge is 0.366 e. The van der Waals surface area contributed by atoms with Crippen molar-refractivity contribution in [1.29, 1.82) is 0 Å². The van der Waals surface area contributed by atoms with Crippen molar-refractivity contribution in [2.45, 2.75) is 70.2 Å². The van der Waals surface area contributed by atoms with Crippen LogP contribution in [0, 0.1) is 0 Å². The first-order valence-corrected chi connectivity index (χ1v) is 10.5. The Kier molecular flexibility index (Phi) is 4.04. The number of amides is 3. The van der Waals surface area contributed by atoms with Gasteiger partial charge in [-0.3, -0.25) is 24.6 Å². The van der Waals surface area contributed by atoms with Crippen molar-refractivity contribution in [3.05, 3.63) is 29.3 Å². The van der Waals surface area contributed by atoms with Gasteiger partial charge in [0.15, 0.2) is 0 Å². The number of anilines is 1. The third kappa shape index (κ3) is 2.94. The van der Waals surface area contributed by atoms with E-state index >= 15 is 0 Å². The van der Waals surface area contributed by atoms with Gasteiger partial charge in [0.25, 0.3) is 5.91 Å². The molecular weight excluding hydrogens is 368 g/mol. The fourth-order valence-corrected chi connectivity index (χ4v) is 5.54. The number of nitrogens with one attached hydrogen (secondary N) is 1. The van der Waals surface area contributed by atoms with E-state index in [4.69, 9.17) is 0 Å². The van der Waals surface area contributed by atoms with Crippen molar-refractivity contribution >= 4 is 23.4 Å². The van der Waals surface area contributed by atoms with Crippen LogP contribution in [0.25, 0.3) is 0 Å². The lowest BCUT2D eigenvalue weighted by molar-refractivity contribution is -0.136. The Labute approximate surface area is 171 Å². The van der Waals surface area contributed by atoms with Gasteiger partial charge in [0.2, 0.25) is 11.8 Å². The molecule has 154 valence electrons. The first kappa shape index (κ1) is 18.6. The molecule has 2 bridgehead atoms. The Bertz CT molecular complexity index is 906. The number of piperidine rings is 1. The SMILES string of the molecule is CC(C)(C)N1C[C@H]2C[C@@H]1CN2c1ccc2c(c1)CN(C1CCC(=O)NC1=O)C2=O. The molecule has 0 saturated carbocycles. The molecule has 3 atom stereocenters. The first-order chi connectivity index (χ1) is 13.7. The Hall–Kier alpha value is -2.41. The molecule has 0 aromatic heterocycles. The summed E-state index contributed by atoms with van der Waals surface area (Å²) in [5.74, 6) is -0.726. The monoisotopic (exact) mass is 396 g/mol. The number of likely N-dealkylation sites (tertiary alicyclic amines) is 1. The molecule has 1 aromatic rings. The van der Waals surface area contributed by atoms with Crippen LogP contribution in [0.15, 0.2) is 18.2 Å². The third-order valence-electron chi connectivity index (χ3n) is 6.94. The molecule has 1 N–H and O–H groups in total. The summed E-state index contributed by atoms with van der Waals surface area (Å²) in [5, 5.41) is 2.36. The van der Waals surface area contributed by atoms with E-state index in [0.29, 0.717) is 30.6 Å². The Morgan fingerprint density at radius 1 is 1.03 bits per heavy atom. The van der Waals surface area contributed by atoms with Crippen molar-refractivity contribution in [2.75, 3.05) is 18.0 Å². The normalized spacial score (nSPS) is 29.6. The molecule has 4 heterocycles. The van der Waals surface area contributed by atoms with Crippen molar-refractivity contribution < 1.29 is 14.4 Å². The maximum atomic E-state index is 12.9. The van der Waals surface area contributed by atoms with Gasteiger partial charge in [-0.1, -0.05) is 0 Å². The molecule has 3 amide bonds. The Balaban J connectivity index is 1.34.